The van der Waals surface area contributed by atoms with E-state index in [1.807, 2.05) is 0 Å². The number of hydrogen-bond donors (Lipinski definition) is 0. The molecule has 0 N–H and O–H groups in total. The van der Waals surface area contributed by atoms with Crippen LogP contribution in [-0.4, -0.2) is 29.2 Å². The Morgan fingerprint density at radius 1 is 1.69 bits per heavy atom. The zero-order valence-corrected chi connectivity index (χ0v) is 7.69. The van der Waals surface area contributed by atoms with Gasteiger partial charge in [0.25, 0.3) is 0 Å². The second-order valence-electron chi connectivity index (χ2n) is 2.36. The Hall–Kier alpha value is -1.36. The van der Waals surface area contributed by atoms with Crippen molar-refractivity contribution in [2.75, 3.05) is 13.7 Å². The summed E-state index contributed by atoms with van der Waals surface area (Å²) in [6.07, 6.45) is 3.20. The summed E-state index contributed by atoms with van der Waals surface area (Å²) in [5, 5.41) is 0. The third-order valence-electron chi connectivity index (χ3n) is 1.44. The Labute approximate surface area is 76.3 Å². The van der Waals surface area contributed by atoms with Crippen LogP contribution in [-0.2, 0) is 16.2 Å². The van der Waals surface area contributed by atoms with E-state index in [2.05, 4.69) is 4.98 Å². The first-order chi connectivity index (χ1) is 6.29. The van der Waals surface area contributed by atoms with Crippen molar-refractivity contribution in [2.45, 2.75) is 13.7 Å². The second kappa shape index (κ2) is 4.61. The molecule has 1 aromatic rings. The molecule has 13 heavy (non-hydrogen) atoms. The van der Waals surface area contributed by atoms with E-state index in [4.69, 9.17) is 9.47 Å². The Morgan fingerprint density at radius 3 is 3.08 bits per heavy atom. The fourth-order valence-corrected chi connectivity index (χ4v) is 0.938. The molecular formula is C8H12N2O3. The van der Waals surface area contributed by atoms with Gasteiger partial charge < -0.3 is 14.0 Å². The number of methoxy groups -OCH3 is 1. The molecule has 1 heterocycles. The molecule has 0 aromatic carbocycles. The minimum Gasteiger partial charge on any atom is -0.460 e. The standard InChI is InChI=1S/C8H12N2O3/c1-3-13-8(11)7-9-4-5-10(7)6-12-2/h4-5H,3,6H2,1-2H3. The molecule has 0 atom stereocenters. The van der Waals surface area contributed by atoms with Crippen LogP contribution in [0.15, 0.2) is 12.4 Å². The maximum atomic E-state index is 11.2. The molecule has 0 bridgehead atoms. The molecular weight excluding hydrogens is 172 g/mol. The monoisotopic (exact) mass is 184 g/mol. The lowest BCUT2D eigenvalue weighted by atomic mass is 10.6. The summed E-state index contributed by atoms with van der Waals surface area (Å²) < 4.78 is 11.2. The van der Waals surface area contributed by atoms with Gasteiger partial charge in [0, 0.05) is 19.5 Å². The lowest BCUT2D eigenvalue weighted by molar-refractivity contribution is 0.0485. The lowest BCUT2D eigenvalue weighted by Crippen LogP contribution is -2.13. The van der Waals surface area contributed by atoms with E-state index in [1.165, 1.54) is 6.20 Å². The normalized spacial score (nSPS) is 10.0. The molecule has 0 saturated heterocycles. The van der Waals surface area contributed by atoms with Gasteiger partial charge in [-0.25, -0.2) is 9.78 Å². The number of nitrogens with zero attached hydrogens (tertiary/aromatic N) is 2. The minimum absolute atomic E-state index is 0.267. The number of ether oxygens (including phenoxy) is 2. The highest BCUT2D eigenvalue weighted by Crippen LogP contribution is 1.99. The maximum Gasteiger partial charge on any atom is 0.374 e. The van der Waals surface area contributed by atoms with Crippen molar-refractivity contribution in [1.82, 2.24) is 9.55 Å². The van der Waals surface area contributed by atoms with Gasteiger partial charge in [-0.3, -0.25) is 0 Å². The minimum atomic E-state index is -0.426. The molecule has 0 radical (unpaired) electrons. The van der Waals surface area contributed by atoms with E-state index in [9.17, 15) is 4.79 Å². The molecule has 1 aromatic heterocycles. The van der Waals surface area contributed by atoms with Crippen LogP contribution in [0.2, 0.25) is 0 Å². The van der Waals surface area contributed by atoms with Crippen LogP contribution in [0.5, 0.6) is 0 Å². The van der Waals surface area contributed by atoms with Gasteiger partial charge in [0.1, 0.15) is 6.73 Å². The SMILES string of the molecule is CCOC(=O)c1nccn1COC. The van der Waals surface area contributed by atoms with Crippen LogP contribution in [0.4, 0.5) is 0 Å². The second-order valence-corrected chi connectivity index (χ2v) is 2.36. The summed E-state index contributed by atoms with van der Waals surface area (Å²) in [5.74, 6) is -0.159. The van der Waals surface area contributed by atoms with Crippen molar-refractivity contribution in [1.29, 1.82) is 0 Å². The fourth-order valence-electron chi connectivity index (χ4n) is 0.938. The molecule has 0 aliphatic rings. The number of rotatable bonds is 4. The number of hydrogen-bond acceptors (Lipinski definition) is 4. The number of aromatic nitrogens is 2. The first kappa shape index (κ1) is 9.73. The predicted octanol–water partition coefficient (Wildman–Crippen LogP) is 0.664. The number of esters is 1. The van der Waals surface area contributed by atoms with Crippen LogP contribution in [0.1, 0.15) is 17.5 Å². The van der Waals surface area contributed by atoms with Crippen LogP contribution < -0.4 is 0 Å². The van der Waals surface area contributed by atoms with Gasteiger partial charge in [-0.1, -0.05) is 0 Å². The highest BCUT2D eigenvalue weighted by molar-refractivity contribution is 5.85. The Kier molecular flexibility index (Phi) is 3.45. The van der Waals surface area contributed by atoms with Crippen LogP contribution in [0.3, 0.4) is 0 Å². The average Bonchev–Trinajstić information content (AvgIpc) is 2.54. The Bertz CT molecular complexity index is 283. The van der Waals surface area contributed by atoms with Gasteiger partial charge in [-0.05, 0) is 6.92 Å². The smallest absolute Gasteiger partial charge is 0.374 e. The lowest BCUT2D eigenvalue weighted by Gasteiger charge is -2.04. The molecule has 72 valence electrons. The summed E-state index contributed by atoms with van der Waals surface area (Å²) in [5.41, 5.74) is 0. The predicted molar refractivity (Wildman–Crippen MR) is 45.2 cm³/mol. The first-order valence-corrected chi connectivity index (χ1v) is 3.96. The van der Waals surface area contributed by atoms with Crippen LogP contribution in [0, 0.1) is 0 Å². The molecule has 0 aliphatic carbocycles. The zero-order valence-electron chi connectivity index (χ0n) is 7.69. The van der Waals surface area contributed by atoms with Crippen molar-refractivity contribution in [2.24, 2.45) is 0 Å². The molecule has 1 rings (SSSR count). The van der Waals surface area contributed by atoms with E-state index >= 15 is 0 Å². The van der Waals surface area contributed by atoms with Gasteiger partial charge in [-0.15, -0.1) is 0 Å². The van der Waals surface area contributed by atoms with E-state index in [0.29, 0.717) is 13.3 Å². The largest absolute Gasteiger partial charge is 0.460 e. The molecule has 5 nitrogen and oxygen atoms in total. The topological polar surface area (TPSA) is 53.3 Å². The summed E-state index contributed by atoms with van der Waals surface area (Å²) >= 11 is 0. The van der Waals surface area contributed by atoms with Gasteiger partial charge in [0.2, 0.25) is 5.82 Å². The van der Waals surface area contributed by atoms with Gasteiger partial charge >= 0.3 is 5.97 Å². The summed E-state index contributed by atoms with van der Waals surface area (Å²) in [4.78, 5) is 15.1. The Balaban J connectivity index is 2.74. The Morgan fingerprint density at radius 2 is 2.46 bits per heavy atom. The van der Waals surface area contributed by atoms with E-state index in [1.54, 1.807) is 24.8 Å². The van der Waals surface area contributed by atoms with Crippen molar-refractivity contribution in [3.63, 3.8) is 0 Å². The van der Waals surface area contributed by atoms with Crippen molar-refractivity contribution < 1.29 is 14.3 Å². The van der Waals surface area contributed by atoms with E-state index in [-0.39, 0.29) is 5.82 Å². The van der Waals surface area contributed by atoms with Gasteiger partial charge in [0.15, 0.2) is 0 Å². The highest BCUT2D eigenvalue weighted by Gasteiger charge is 2.12. The zero-order chi connectivity index (χ0) is 9.68. The average molecular weight is 184 g/mol. The molecule has 0 unspecified atom stereocenters. The first-order valence-electron chi connectivity index (χ1n) is 3.96. The van der Waals surface area contributed by atoms with Crippen LogP contribution in [0.25, 0.3) is 0 Å². The molecule has 0 saturated carbocycles. The molecule has 0 aliphatic heterocycles. The molecule has 0 spiro atoms. The van der Waals surface area contributed by atoms with E-state index in [0.717, 1.165) is 0 Å². The van der Waals surface area contributed by atoms with Crippen LogP contribution >= 0.6 is 0 Å². The number of carbonyl (C=O) groups excluding carboxylic acids is 1. The molecule has 0 fully saturated rings. The van der Waals surface area contributed by atoms with Gasteiger partial charge in [-0.2, -0.15) is 0 Å². The van der Waals surface area contributed by atoms with Crippen molar-refractivity contribution in [3.8, 4) is 0 Å². The van der Waals surface area contributed by atoms with Gasteiger partial charge in [0.05, 0.1) is 6.61 Å². The fraction of sp³-hybridized carbons (Fsp3) is 0.500. The number of carbonyl (C=O) groups is 1. The summed E-state index contributed by atoms with van der Waals surface area (Å²) in [7, 11) is 1.55. The molecule has 5 heteroatoms. The van der Waals surface area contributed by atoms with Crippen molar-refractivity contribution >= 4 is 5.97 Å². The van der Waals surface area contributed by atoms with Crippen molar-refractivity contribution in [3.05, 3.63) is 18.2 Å². The third-order valence-corrected chi connectivity index (χ3v) is 1.44. The quantitative estimate of drug-likeness (QED) is 0.645. The van der Waals surface area contributed by atoms with E-state index < -0.39 is 5.97 Å². The number of imidazole rings is 1. The summed E-state index contributed by atoms with van der Waals surface area (Å²) in [6.45, 7) is 2.40. The molecule has 0 amide bonds. The maximum absolute atomic E-state index is 11.2. The third kappa shape index (κ3) is 2.29. The highest BCUT2D eigenvalue weighted by atomic mass is 16.5. The summed E-state index contributed by atoms with van der Waals surface area (Å²) in [6, 6.07) is 0.